The second kappa shape index (κ2) is 5.69. The molecule has 1 aromatic rings. The number of nitrogens with zero attached hydrogens (tertiary/aromatic N) is 1. The van der Waals surface area contributed by atoms with Gasteiger partial charge in [0, 0.05) is 19.3 Å². The minimum Gasteiger partial charge on any atom is -0.288 e. The van der Waals surface area contributed by atoms with Crippen LogP contribution in [0.2, 0.25) is 5.02 Å². The fourth-order valence-electron chi connectivity index (χ4n) is 0.738. The minimum atomic E-state index is 0.0663. The van der Waals surface area contributed by atoms with Gasteiger partial charge in [-0.15, -0.1) is 0 Å². The number of carbonyl (C=O) groups is 1. The van der Waals surface area contributed by atoms with Crippen molar-refractivity contribution >= 4 is 28.5 Å². The van der Waals surface area contributed by atoms with Crippen molar-refractivity contribution in [2.45, 2.75) is 6.92 Å². The van der Waals surface area contributed by atoms with Crippen molar-refractivity contribution in [2.75, 3.05) is 5.75 Å². The van der Waals surface area contributed by atoms with Gasteiger partial charge >= 0.3 is 0 Å². The highest BCUT2D eigenvalue weighted by Gasteiger charge is 1.94. The normalized spacial score (nSPS) is 9.00. The maximum atomic E-state index is 10.6. The summed E-state index contributed by atoms with van der Waals surface area (Å²) in [6.45, 7) is 1.52. The zero-order valence-corrected chi connectivity index (χ0v) is 9.15. The smallest absolute Gasteiger partial charge is 0.186 e. The predicted molar refractivity (Wildman–Crippen MR) is 59.3 cm³/mol. The van der Waals surface area contributed by atoms with Crippen LogP contribution in [-0.4, -0.2) is 15.9 Å². The van der Waals surface area contributed by atoms with Crippen LogP contribution in [0.15, 0.2) is 18.5 Å². The molecule has 0 aliphatic heterocycles. The predicted octanol–water partition coefficient (Wildman–Crippen LogP) is 2.37. The van der Waals surface area contributed by atoms with E-state index in [-0.39, 0.29) is 5.12 Å². The number of hydrogen-bond donors (Lipinski definition) is 0. The Labute approximate surface area is 92.1 Å². The molecule has 0 spiro atoms. The van der Waals surface area contributed by atoms with Crippen molar-refractivity contribution in [3.8, 4) is 11.8 Å². The summed E-state index contributed by atoms with van der Waals surface area (Å²) in [7, 11) is 0. The average Bonchev–Trinajstić information content (AvgIpc) is 2.15. The quantitative estimate of drug-likeness (QED) is 0.688. The summed E-state index contributed by atoms with van der Waals surface area (Å²) < 4.78 is 0. The fraction of sp³-hybridized carbons (Fsp3) is 0.200. The first-order valence-electron chi connectivity index (χ1n) is 3.92. The molecule has 1 rings (SSSR count). The number of pyridine rings is 1. The monoisotopic (exact) mass is 225 g/mol. The second-order valence-electron chi connectivity index (χ2n) is 2.44. The van der Waals surface area contributed by atoms with Crippen LogP contribution in [0.1, 0.15) is 12.5 Å². The molecule has 0 aromatic carbocycles. The number of thioether (sulfide) groups is 1. The molecule has 2 nitrogen and oxygen atoms in total. The Kier molecular flexibility index (Phi) is 4.51. The van der Waals surface area contributed by atoms with Crippen LogP contribution in [-0.2, 0) is 4.79 Å². The molecule has 0 unspecified atom stereocenters. The lowest BCUT2D eigenvalue weighted by molar-refractivity contribution is -0.109. The van der Waals surface area contributed by atoms with E-state index in [0.717, 1.165) is 0 Å². The second-order valence-corrected chi connectivity index (χ2v) is 4.00. The molecular weight excluding hydrogens is 218 g/mol. The fourth-order valence-corrected chi connectivity index (χ4v) is 1.24. The molecule has 0 bridgehead atoms. The number of rotatable bonds is 1. The molecule has 0 atom stereocenters. The first-order chi connectivity index (χ1) is 6.70. The van der Waals surface area contributed by atoms with Gasteiger partial charge in [-0.2, -0.15) is 0 Å². The highest BCUT2D eigenvalue weighted by Crippen LogP contribution is 2.11. The molecule has 0 fully saturated rings. The number of hydrogen-bond acceptors (Lipinski definition) is 3. The van der Waals surface area contributed by atoms with Gasteiger partial charge in [0.05, 0.1) is 16.3 Å². The molecule has 0 aliphatic rings. The molecule has 1 aromatic heterocycles. The third-order valence-electron chi connectivity index (χ3n) is 1.34. The van der Waals surface area contributed by atoms with Crippen LogP contribution < -0.4 is 0 Å². The molecular formula is C10H8ClNOS. The minimum absolute atomic E-state index is 0.0663. The summed E-state index contributed by atoms with van der Waals surface area (Å²) in [5.74, 6) is 6.18. The third-order valence-corrected chi connectivity index (χ3v) is 2.36. The van der Waals surface area contributed by atoms with Crippen molar-refractivity contribution in [1.82, 2.24) is 4.98 Å². The summed E-state index contributed by atoms with van der Waals surface area (Å²) in [6.07, 6.45) is 3.21. The summed E-state index contributed by atoms with van der Waals surface area (Å²) in [5, 5.41) is 0.650. The van der Waals surface area contributed by atoms with Crippen LogP contribution >= 0.6 is 23.4 Å². The lowest BCUT2D eigenvalue weighted by atomic mass is 10.3. The zero-order chi connectivity index (χ0) is 10.4. The maximum absolute atomic E-state index is 10.6. The van der Waals surface area contributed by atoms with Gasteiger partial charge in [-0.25, -0.2) is 0 Å². The zero-order valence-electron chi connectivity index (χ0n) is 7.58. The Balaban J connectivity index is 2.59. The lowest BCUT2D eigenvalue weighted by Crippen LogP contribution is -1.83. The van der Waals surface area contributed by atoms with Crippen LogP contribution in [0.25, 0.3) is 0 Å². The third kappa shape index (κ3) is 3.82. The van der Waals surface area contributed by atoms with Gasteiger partial charge in [-0.3, -0.25) is 9.78 Å². The van der Waals surface area contributed by atoms with Crippen LogP contribution in [0.4, 0.5) is 0 Å². The van der Waals surface area contributed by atoms with E-state index < -0.39 is 0 Å². The molecule has 0 aliphatic carbocycles. The Morgan fingerprint density at radius 3 is 3.14 bits per heavy atom. The lowest BCUT2D eigenvalue weighted by Gasteiger charge is -1.91. The summed E-state index contributed by atoms with van der Waals surface area (Å²) in [5.41, 5.74) is 0.693. The van der Waals surface area contributed by atoms with Crippen LogP contribution in [0, 0.1) is 11.8 Å². The summed E-state index contributed by atoms with van der Waals surface area (Å²) in [4.78, 5) is 14.5. The van der Waals surface area contributed by atoms with E-state index in [1.54, 1.807) is 18.5 Å². The first-order valence-corrected chi connectivity index (χ1v) is 5.28. The molecule has 0 radical (unpaired) electrons. The Bertz CT molecular complexity index is 395. The average molecular weight is 226 g/mol. The molecule has 0 saturated heterocycles. The Morgan fingerprint density at radius 1 is 1.71 bits per heavy atom. The van der Waals surface area contributed by atoms with Gasteiger partial charge in [-0.05, 0) is 6.07 Å². The van der Waals surface area contributed by atoms with E-state index in [2.05, 4.69) is 16.8 Å². The Hall–Kier alpha value is -0.980. The van der Waals surface area contributed by atoms with Crippen molar-refractivity contribution in [2.24, 2.45) is 0 Å². The van der Waals surface area contributed by atoms with Crippen molar-refractivity contribution in [3.05, 3.63) is 29.0 Å². The maximum Gasteiger partial charge on any atom is 0.186 e. The van der Waals surface area contributed by atoms with Gasteiger partial charge < -0.3 is 0 Å². The largest absolute Gasteiger partial charge is 0.288 e. The van der Waals surface area contributed by atoms with Crippen molar-refractivity contribution in [3.63, 3.8) is 0 Å². The number of carbonyl (C=O) groups excluding carboxylic acids is 1. The molecule has 72 valence electrons. The van der Waals surface area contributed by atoms with E-state index in [9.17, 15) is 4.79 Å². The standard InChI is InChI=1S/C10H8ClNOS/c1-8(13)14-6-2-3-9-7-12-5-4-10(9)11/h4-5,7H,6H2,1H3. The van der Waals surface area contributed by atoms with Gasteiger partial charge in [0.1, 0.15) is 0 Å². The van der Waals surface area contributed by atoms with Crippen LogP contribution in [0.5, 0.6) is 0 Å². The molecule has 1 heterocycles. The Morgan fingerprint density at radius 2 is 2.50 bits per heavy atom. The SMILES string of the molecule is CC(=O)SCC#Cc1cnccc1Cl. The molecule has 4 heteroatoms. The van der Waals surface area contributed by atoms with Gasteiger partial charge in [-0.1, -0.05) is 35.2 Å². The highest BCUT2D eigenvalue weighted by molar-refractivity contribution is 8.13. The van der Waals surface area contributed by atoms with E-state index in [4.69, 9.17) is 11.6 Å². The molecule has 0 amide bonds. The first kappa shape index (κ1) is 11.1. The topological polar surface area (TPSA) is 30.0 Å². The van der Waals surface area contributed by atoms with E-state index >= 15 is 0 Å². The number of aromatic nitrogens is 1. The van der Waals surface area contributed by atoms with Gasteiger partial charge in [0.15, 0.2) is 5.12 Å². The number of halogens is 1. The summed E-state index contributed by atoms with van der Waals surface area (Å²) in [6, 6.07) is 1.68. The van der Waals surface area contributed by atoms with Gasteiger partial charge in [0.25, 0.3) is 0 Å². The van der Waals surface area contributed by atoms with Crippen molar-refractivity contribution < 1.29 is 4.79 Å². The molecule has 0 saturated carbocycles. The highest BCUT2D eigenvalue weighted by atomic mass is 35.5. The van der Waals surface area contributed by atoms with Crippen molar-refractivity contribution in [1.29, 1.82) is 0 Å². The summed E-state index contributed by atoms with van der Waals surface area (Å²) >= 11 is 7.03. The van der Waals surface area contributed by atoms with E-state index in [1.165, 1.54) is 18.7 Å². The van der Waals surface area contributed by atoms with E-state index in [1.807, 2.05) is 0 Å². The van der Waals surface area contributed by atoms with Gasteiger partial charge in [0.2, 0.25) is 0 Å². The molecule has 0 N–H and O–H groups in total. The molecule has 14 heavy (non-hydrogen) atoms. The van der Waals surface area contributed by atoms with E-state index in [0.29, 0.717) is 16.3 Å². The van der Waals surface area contributed by atoms with Crippen LogP contribution in [0.3, 0.4) is 0 Å².